The van der Waals surface area contributed by atoms with Crippen LogP contribution in [0.25, 0.3) is 0 Å². The quantitative estimate of drug-likeness (QED) is 0.593. The molecular weight excluding hydrogens is 252 g/mol. The molecule has 0 saturated carbocycles. The Morgan fingerprint density at radius 2 is 1.28 bits per heavy atom. The molecule has 0 aromatic rings. The number of quaternary nitrogens is 2. The number of hydrogen-bond donors (Lipinski definition) is 1. The minimum absolute atomic E-state index is 0.219. The minimum atomic E-state index is -3.82. The summed E-state index contributed by atoms with van der Waals surface area (Å²) >= 11 is 0. The summed E-state index contributed by atoms with van der Waals surface area (Å²) in [6, 6.07) is 0. The van der Waals surface area contributed by atoms with Gasteiger partial charge in [0.1, 0.15) is 0 Å². The molecule has 18 heavy (non-hydrogen) atoms. The van der Waals surface area contributed by atoms with Gasteiger partial charge in [-0.1, -0.05) is 6.92 Å². The maximum Gasteiger partial charge on any atom is 0.316 e. The predicted octanol–water partition coefficient (Wildman–Crippen LogP) is 1.42. The summed E-state index contributed by atoms with van der Waals surface area (Å²) in [5.41, 5.74) is 0. The highest BCUT2D eigenvalue weighted by atomic mass is 32.2. The molecule has 112 valence electrons. The first kappa shape index (κ1) is 20.2. The Morgan fingerprint density at radius 1 is 0.889 bits per heavy atom. The molecule has 0 atom stereocenters. The molecule has 0 heterocycles. The lowest BCUT2D eigenvalue weighted by atomic mass is 10.4. The summed E-state index contributed by atoms with van der Waals surface area (Å²) in [7, 11) is 4.20. The van der Waals surface area contributed by atoms with Crippen molar-refractivity contribution in [2.45, 2.75) is 27.2 Å². The lowest BCUT2D eigenvalue weighted by Gasteiger charge is -2.27. The number of rotatable bonds is 6. The molecule has 0 aromatic heterocycles. The van der Waals surface area contributed by atoms with Crippen molar-refractivity contribution >= 4 is 10.1 Å². The maximum absolute atomic E-state index is 10.3. The average Bonchev–Trinajstić information content (AvgIpc) is 2.15. The van der Waals surface area contributed by atoms with Gasteiger partial charge in [0.15, 0.2) is 0 Å². The Kier molecular flexibility index (Phi) is 9.06. The zero-order valence-electron chi connectivity index (χ0n) is 13.1. The highest BCUT2D eigenvalue weighted by Gasteiger charge is 2.20. The lowest BCUT2D eigenvalue weighted by molar-refractivity contribution is -0.888. The summed E-state index contributed by atoms with van der Waals surface area (Å²) < 4.78 is 30.6. The van der Waals surface area contributed by atoms with Gasteiger partial charge in [0.05, 0.1) is 47.8 Å². The molecule has 0 amide bonds. The molecule has 0 aliphatic carbocycles. The van der Waals surface area contributed by atoms with Crippen LogP contribution in [-0.4, -0.2) is 75.6 Å². The monoisotopic (exact) mass is 284 g/mol. The van der Waals surface area contributed by atoms with Crippen LogP contribution >= 0.6 is 0 Å². The highest BCUT2D eigenvalue weighted by Crippen LogP contribution is 1.98. The fourth-order valence-corrected chi connectivity index (χ4v) is 2.36. The van der Waals surface area contributed by atoms with E-state index in [9.17, 15) is 8.42 Å². The van der Waals surface area contributed by atoms with Crippen molar-refractivity contribution in [2.24, 2.45) is 0 Å². The normalized spacial score (nSPS) is 12.9. The molecule has 0 spiro atoms. The molecular formula is C12H32N2O3S+2. The van der Waals surface area contributed by atoms with E-state index in [1.165, 1.54) is 19.5 Å². The molecule has 1 N–H and O–H groups in total. The lowest BCUT2D eigenvalue weighted by Crippen LogP contribution is -2.43. The molecule has 0 radical (unpaired) electrons. The second-order valence-corrected chi connectivity index (χ2v) is 7.36. The van der Waals surface area contributed by atoms with Crippen molar-refractivity contribution in [1.29, 1.82) is 0 Å². The zero-order chi connectivity index (χ0) is 15.0. The smallest absolute Gasteiger partial charge is 0.316 e. The van der Waals surface area contributed by atoms with Crippen LogP contribution in [0.4, 0.5) is 0 Å². The Morgan fingerprint density at radius 3 is 1.39 bits per heavy atom. The summed E-state index contributed by atoms with van der Waals surface area (Å²) in [5, 5.41) is 0. The van der Waals surface area contributed by atoms with Crippen LogP contribution in [-0.2, 0) is 10.1 Å². The van der Waals surface area contributed by atoms with Crippen LogP contribution in [0.1, 0.15) is 27.2 Å². The van der Waals surface area contributed by atoms with Gasteiger partial charge in [-0.05, 0) is 20.3 Å². The van der Waals surface area contributed by atoms with E-state index >= 15 is 0 Å². The first-order valence-corrected chi connectivity index (χ1v) is 8.09. The van der Waals surface area contributed by atoms with Gasteiger partial charge in [0.2, 0.25) is 5.88 Å². The predicted molar refractivity (Wildman–Crippen MR) is 76.9 cm³/mol. The third kappa shape index (κ3) is 13.9. The van der Waals surface area contributed by atoms with E-state index in [4.69, 9.17) is 4.55 Å². The van der Waals surface area contributed by atoms with Crippen molar-refractivity contribution < 1.29 is 21.9 Å². The van der Waals surface area contributed by atoms with Gasteiger partial charge < -0.3 is 8.97 Å². The zero-order valence-corrected chi connectivity index (χ0v) is 13.9. The van der Waals surface area contributed by atoms with E-state index in [0.29, 0.717) is 11.0 Å². The van der Waals surface area contributed by atoms with E-state index in [1.807, 2.05) is 6.92 Å². The fraction of sp³-hybridized carbons (Fsp3) is 1.00. The third-order valence-corrected chi connectivity index (χ3v) is 4.08. The van der Waals surface area contributed by atoms with E-state index in [-0.39, 0.29) is 5.88 Å². The topological polar surface area (TPSA) is 54.4 Å². The van der Waals surface area contributed by atoms with Crippen LogP contribution in [0.3, 0.4) is 0 Å². The van der Waals surface area contributed by atoms with Crippen molar-refractivity contribution in [3.63, 3.8) is 0 Å². The Hall–Kier alpha value is -0.170. The second kappa shape index (κ2) is 8.09. The number of hydrogen-bond acceptors (Lipinski definition) is 2. The van der Waals surface area contributed by atoms with E-state index < -0.39 is 10.1 Å². The van der Waals surface area contributed by atoms with Crippen LogP contribution in [0.15, 0.2) is 0 Å². The Balaban J connectivity index is 0. The van der Waals surface area contributed by atoms with Crippen LogP contribution in [0.2, 0.25) is 0 Å². The second-order valence-electron chi connectivity index (χ2n) is 5.94. The van der Waals surface area contributed by atoms with Gasteiger partial charge in [0, 0.05) is 0 Å². The first-order valence-electron chi connectivity index (χ1n) is 6.48. The summed E-state index contributed by atoms with van der Waals surface area (Å²) in [6.45, 7) is 9.56. The first-order chi connectivity index (χ1) is 7.89. The van der Waals surface area contributed by atoms with Crippen molar-refractivity contribution in [1.82, 2.24) is 0 Å². The van der Waals surface area contributed by atoms with Crippen molar-refractivity contribution in [3.8, 4) is 0 Å². The largest absolute Gasteiger partial charge is 0.329 e. The van der Waals surface area contributed by atoms with E-state index in [0.717, 1.165) is 4.48 Å². The fourth-order valence-electron chi connectivity index (χ4n) is 1.30. The van der Waals surface area contributed by atoms with E-state index in [1.54, 1.807) is 14.1 Å². The van der Waals surface area contributed by atoms with Gasteiger partial charge in [0.25, 0.3) is 0 Å². The van der Waals surface area contributed by atoms with Gasteiger partial charge in [-0.15, -0.1) is 0 Å². The maximum atomic E-state index is 10.3. The average molecular weight is 284 g/mol. The molecule has 0 aliphatic rings. The molecule has 0 bridgehead atoms. The molecule has 0 aliphatic heterocycles. The molecule has 5 nitrogen and oxygen atoms in total. The van der Waals surface area contributed by atoms with Crippen molar-refractivity contribution in [2.75, 3.05) is 53.7 Å². The Labute approximate surface area is 113 Å². The molecule has 0 fully saturated rings. The standard InChI is InChI=1S/C7H18N.C5H13NO3S/c1-5-7-8(3,4)6-2;1-4-6(2,3)5-10(7,8)9/h5-7H2,1-4H3;4-5H2,1-3H3/q+1;/p+1. The molecule has 0 rings (SSSR count). The number of nitrogens with zero attached hydrogens (tertiary/aromatic N) is 2. The van der Waals surface area contributed by atoms with Crippen molar-refractivity contribution in [3.05, 3.63) is 0 Å². The van der Waals surface area contributed by atoms with Gasteiger partial charge in [-0.25, -0.2) is 0 Å². The summed E-state index contributed by atoms with van der Waals surface area (Å²) in [5.74, 6) is -0.219. The Bertz CT molecular complexity index is 311. The van der Waals surface area contributed by atoms with Gasteiger partial charge >= 0.3 is 10.1 Å². The third-order valence-electron chi connectivity index (χ3n) is 3.05. The summed E-state index contributed by atoms with van der Waals surface area (Å²) in [6.07, 6.45) is 1.29. The molecule has 0 aromatic carbocycles. The molecule has 6 heteroatoms. The van der Waals surface area contributed by atoms with Crippen LogP contribution < -0.4 is 0 Å². The minimum Gasteiger partial charge on any atom is -0.329 e. The molecule has 0 unspecified atom stereocenters. The molecule has 0 saturated heterocycles. The van der Waals surface area contributed by atoms with Gasteiger partial charge in [-0.2, -0.15) is 8.42 Å². The summed E-state index contributed by atoms with van der Waals surface area (Å²) in [4.78, 5) is 0. The highest BCUT2D eigenvalue weighted by molar-refractivity contribution is 7.85. The van der Waals surface area contributed by atoms with Crippen LogP contribution in [0.5, 0.6) is 0 Å². The SMILES string of the molecule is CCC[N+](C)(C)CC.CC[N+](C)(C)CS(=O)(=O)O. The van der Waals surface area contributed by atoms with E-state index in [2.05, 4.69) is 27.9 Å². The van der Waals surface area contributed by atoms with Crippen LogP contribution in [0, 0.1) is 0 Å². The van der Waals surface area contributed by atoms with Gasteiger partial charge in [-0.3, -0.25) is 4.55 Å².